The molecule has 0 fully saturated rings. The summed E-state index contributed by atoms with van der Waals surface area (Å²) in [4.78, 5) is 12.5. The molecule has 27 heavy (non-hydrogen) atoms. The minimum Gasteiger partial charge on any atom is -0.406 e. The van der Waals surface area contributed by atoms with Gasteiger partial charge in [-0.2, -0.15) is 5.10 Å². The van der Waals surface area contributed by atoms with E-state index in [4.69, 9.17) is 0 Å². The summed E-state index contributed by atoms with van der Waals surface area (Å²) in [6, 6.07) is 12.6. The van der Waals surface area contributed by atoms with E-state index in [9.17, 15) is 18.0 Å². The average Bonchev–Trinajstić information content (AvgIpc) is 2.97. The number of aromatic nitrogens is 2. The summed E-state index contributed by atoms with van der Waals surface area (Å²) < 4.78 is 42.0. The van der Waals surface area contributed by atoms with Crippen LogP contribution in [0.3, 0.4) is 0 Å². The van der Waals surface area contributed by atoms with Crippen LogP contribution in [0.4, 0.5) is 18.9 Å². The highest BCUT2D eigenvalue weighted by molar-refractivity contribution is 6.05. The lowest BCUT2D eigenvalue weighted by atomic mass is 10.2. The van der Waals surface area contributed by atoms with Crippen molar-refractivity contribution in [3.05, 3.63) is 71.5 Å². The van der Waals surface area contributed by atoms with Crippen LogP contribution < -0.4 is 10.1 Å². The summed E-state index contributed by atoms with van der Waals surface area (Å²) in [7, 11) is 0. The maximum absolute atomic E-state index is 12.5. The molecule has 3 rings (SSSR count). The van der Waals surface area contributed by atoms with Gasteiger partial charge in [0, 0.05) is 5.69 Å². The van der Waals surface area contributed by atoms with Gasteiger partial charge in [-0.3, -0.25) is 4.79 Å². The molecule has 0 aliphatic heterocycles. The number of carbonyl (C=O) groups excluding carboxylic acids is 1. The standard InChI is InChI=1S/C19H16F3N3O2/c1-12-4-3-5-15(10-12)25-13(2)17(11-23-25)18(26)24-14-6-8-16(9-7-14)27-19(20,21)22/h3-11H,1-2H3,(H,24,26). The van der Waals surface area contributed by atoms with Crippen molar-refractivity contribution in [2.45, 2.75) is 20.2 Å². The van der Waals surface area contributed by atoms with Crippen LogP contribution in [0.5, 0.6) is 5.75 Å². The quantitative estimate of drug-likeness (QED) is 0.723. The maximum Gasteiger partial charge on any atom is 0.573 e. The Kier molecular flexibility index (Phi) is 4.89. The topological polar surface area (TPSA) is 56.2 Å². The van der Waals surface area contributed by atoms with E-state index < -0.39 is 12.3 Å². The molecular formula is C19H16F3N3O2. The summed E-state index contributed by atoms with van der Waals surface area (Å²) in [5.41, 5.74) is 3.26. The van der Waals surface area contributed by atoms with Crippen LogP contribution in [-0.2, 0) is 0 Å². The fourth-order valence-electron chi connectivity index (χ4n) is 2.59. The van der Waals surface area contributed by atoms with E-state index in [0.29, 0.717) is 16.9 Å². The Balaban J connectivity index is 1.75. The predicted molar refractivity (Wildman–Crippen MR) is 94.1 cm³/mol. The first-order valence-corrected chi connectivity index (χ1v) is 8.02. The number of hydrogen-bond donors (Lipinski definition) is 1. The van der Waals surface area contributed by atoms with Crippen molar-refractivity contribution in [2.75, 3.05) is 5.32 Å². The normalized spacial score (nSPS) is 11.3. The van der Waals surface area contributed by atoms with Gasteiger partial charge in [-0.25, -0.2) is 4.68 Å². The van der Waals surface area contributed by atoms with Gasteiger partial charge in [-0.1, -0.05) is 12.1 Å². The highest BCUT2D eigenvalue weighted by Crippen LogP contribution is 2.24. The van der Waals surface area contributed by atoms with E-state index >= 15 is 0 Å². The van der Waals surface area contributed by atoms with Crippen LogP contribution in [0.15, 0.2) is 54.7 Å². The second-order valence-electron chi connectivity index (χ2n) is 5.92. The summed E-state index contributed by atoms with van der Waals surface area (Å²) in [6.45, 7) is 3.73. The van der Waals surface area contributed by atoms with E-state index in [2.05, 4.69) is 15.2 Å². The Morgan fingerprint density at radius 1 is 1.11 bits per heavy atom. The third-order valence-corrected chi connectivity index (χ3v) is 3.85. The number of benzene rings is 2. The van der Waals surface area contributed by atoms with Crippen LogP contribution in [-0.4, -0.2) is 22.1 Å². The van der Waals surface area contributed by atoms with Gasteiger partial charge < -0.3 is 10.1 Å². The van der Waals surface area contributed by atoms with Crippen molar-refractivity contribution in [3.63, 3.8) is 0 Å². The number of aryl methyl sites for hydroxylation is 1. The Hall–Kier alpha value is -3.29. The first kappa shape index (κ1) is 18.5. The molecule has 1 N–H and O–H groups in total. The molecule has 1 heterocycles. The predicted octanol–water partition coefficient (Wildman–Crippen LogP) is 4.64. The van der Waals surface area contributed by atoms with Gasteiger partial charge in [0.05, 0.1) is 23.1 Å². The first-order valence-electron chi connectivity index (χ1n) is 8.02. The molecular weight excluding hydrogens is 359 g/mol. The average molecular weight is 375 g/mol. The van der Waals surface area contributed by atoms with E-state index in [-0.39, 0.29) is 5.75 Å². The van der Waals surface area contributed by atoms with Gasteiger partial charge in [0.1, 0.15) is 5.75 Å². The molecule has 3 aromatic rings. The number of amides is 1. The van der Waals surface area contributed by atoms with Gasteiger partial charge in [0.2, 0.25) is 0 Å². The molecule has 8 heteroatoms. The fourth-order valence-corrected chi connectivity index (χ4v) is 2.59. The Morgan fingerprint density at radius 2 is 1.81 bits per heavy atom. The van der Waals surface area contributed by atoms with Crippen molar-refractivity contribution in [1.29, 1.82) is 0 Å². The van der Waals surface area contributed by atoms with Crippen LogP contribution >= 0.6 is 0 Å². The van der Waals surface area contributed by atoms with Gasteiger partial charge >= 0.3 is 6.36 Å². The van der Waals surface area contributed by atoms with Crippen molar-refractivity contribution in [1.82, 2.24) is 9.78 Å². The lowest BCUT2D eigenvalue weighted by Crippen LogP contribution is -2.17. The number of nitrogens with zero attached hydrogens (tertiary/aromatic N) is 2. The fraction of sp³-hybridized carbons (Fsp3) is 0.158. The molecule has 140 valence electrons. The zero-order chi connectivity index (χ0) is 19.6. The summed E-state index contributed by atoms with van der Waals surface area (Å²) in [5.74, 6) is -0.764. The SMILES string of the molecule is Cc1cccc(-n2ncc(C(=O)Nc3ccc(OC(F)(F)F)cc3)c2C)c1. The Bertz CT molecular complexity index is 963. The van der Waals surface area contributed by atoms with Crippen LogP contribution in [0.1, 0.15) is 21.6 Å². The van der Waals surface area contributed by atoms with Crippen molar-refractivity contribution >= 4 is 11.6 Å². The van der Waals surface area contributed by atoms with Gasteiger partial charge in [-0.15, -0.1) is 13.2 Å². The van der Waals surface area contributed by atoms with Gasteiger partial charge in [-0.05, 0) is 55.8 Å². The minimum atomic E-state index is -4.76. The highest BCUT2D eigenvalue weighted by Gasteiger charge is 2.31. The summed E-state index contributed by atoms with van der Waals surface area (Å²) in [6.07, 6.45) is -3.31. The van der Waals surface area contributed by atoms with Crippen LogP contribution in [0.25, 0.3) is 5.69 Å². The van der Waals surface area contributed by atoms with E-state index in [1.54, 1.807) is 11.6 Å². The summed E-state index contributed by atoms with van der Waals surface area (Å²) in [5, 5.41) is 6.89. The van der Waals surface area contributed by atoms with E-state index in [1.165, 1.54) is 18.3 Å². The number of ether oxygens (including phenoxy) is 1. The molecule has 0 aliphatic carbocycles. The third kappa shape index (κ3) is 4.46. The molecule has 1 amide bonds. The lowest BCUT2D eigenvalue weighted by Gasteiger charge is -2.10. The highest BCUT2D eigenvalue weighted by atomic mass is 19.4. The Morgan fingerprint density at radius 3 is 2.44 bits per heavy atom. The number of alkyl halides is 3. The maximum atomic E-state index is 12.5. The van der Waals surface area contributed by atoms with Gasteiger partial charge in [0.25, 0.3) is 5.91 Å². The van der Waals surface area contributed by atoms with Crippen molar-refractivity contribution < 1.29 is 22.7 Å². The second-order valence-corrected chi connectivity index (χ2v) is 5.92. The number of hydrogen-bond acceptors (Lipinski definition) is 3. The molecule has 0 aliphatic rings. The number of carbonyl (C=O) groups is 1. The number of anilines is 1. The second kappa shape index (κ2) is 7.14. The lowest BCUT2D eigenvalue weighted by molar-refractivity contribution is -0.274. The molecule has 0 saturated carbocycles. The molecule has 5 nitrogen and oxygen atoms in total. The monoisotopic (exact) mass is 375 g/mol. The minimum absolute atomic E-state index is 0.345. The molecule has 0 spiro atoms. The zero-order valence-corrected chi connectivity index (χ0v) is 14.5. The Labute approximate surface area is 153 Å². The molecule has 1 aromatic heterocycles. The zero-order valence-electron chi connectivity index (χ0n) is 14.5. The molecule has 0 atom stereocenters. The number of rotatable bonds is 4. The molecule has 0 radical (unpaired) electrons. The van der Waals surface area contributed by atoms with Crippen molar-refractivity contribution in [2.24, 2.45) is 0 Å². The van der Waals surface area contributed by atoms with Gasteiger partial charge in [0.15, 0.2) is 0 Å². The van der Waals surface area contributed by atoms with Crippen LogP contribution in [0.2, 0.25) is 0 Å². The van der Waals surface area contributed by atoms with Crippen LogP contribution in [0, 0.1) is 13.8 Å². The molecule has 2 aromatic carbocycles. The van der Waals surface area contributed by atoms with Crippen molar-refractivity contribution in [3.8, 4) is 11.4 Å². The number of nitrogens with one attached hydrogen (secondary N) is 1. The van der Waals surface area contributed by atoms with E-state index in [1.807, 2.05) is 31.2 Å². The largest absolute Gasteiger partial charge is 0.573 e. The third-order valence-electron chi connectivity index (χ3n) is 3.85. The number of halogens is 3. The molecule has 0 saturated heterocycles. The summed E-state index contributed by atoms with van der Waals surface area (Å²) >= 11 is 0. The molecule has 0 unspecified atom stereocenters. The van der Waals surface area contributed by atoms with E-state index in [0.717, 1.165) is 23.4 Å². The smallest absolute Gasteiger partial charge is 0.406 e. The molecule has 0 bridgehead atoms. The first-order chi connectivity index (χ1) is 12.7.